The van der Waals surface area contributed by atoms with Crippen molar-refractivity contribution in [2.24, 2.45) is 0 Å². The van der Waals surface area contributed by atoms with Crippen LogP contribution in [0.3, 0.4) is 0 Å². The van der Waals surface area contributed by atoms with Crippen LogP contribution in [0.15, 0.2) is 182 Å². The number of allylic oxidation sites excluding steroid dienone is 1. The lowest BCUT2D eigenvalue weighted by atomic mass is 9.76. The molecule has 9 aromatic rings. The van der Waals surface area contributed by atoms with E-state index in [1.807, 2.05) is 96.3 Å². The number of rotatable bonds is 4. The maximum absolute atomic E-state index is 7.08. The van der Waals surface area contributed by atoms with E-state index >= 15 is 0 Å². The number of hydrogen-bond donors (Lipinski definition) is 0. The van der Waals surface area contributed by atoms with Crippen LogP contribution in [0.5, 0.6) is 11.5 Å². The van der Waals surface area contributed by atoms with Gasteiger partial charge in [-0.05, 0) is 57.6 Å². The lowest BCUT2D eigenvalue weighted by Crippen LogP contribution is -2.30. The number of thiophene rings is 1. The van der Waals surface area contributed by atoms with Crippen molar-refractivity contribution in [2.45, 2.75) is 5.41 Å². The van der Waals surface area contributed by atoms with Crippen LogP contribution in [0.2, 0.25) is 0 Å². The van der Waals surface area contributed by atoms with Crippen molar-refractivity contribution in [1.29, 1.82) is 0 Å². The minimum atomic E-state index is -0.729. The second-order valence-electron chi connectivity index (χ2n) is 14.3. The molecule has 7 aromatic carbocycles. The van der Waals surface area contributed by atoms with E-state index in [0.29, 0.717) is 17.5 Å². The van der Waals surface area contributed by atoms with E-state index in [2.05, 4.69) is 91.0 Å². The molecule has 3 aliphatic rings. The summed E-state index contributed by atoms with van der Waals surface area (Å²) in [5, 5.41) is 1.17. The standard InChI is InChI=1S/C50H29N3O2S/c1-3-15-30(16-4-1)47-51-48(31-17-5-2-6-18-31)53-49(52-47)36-21-8-7-19-33(36)32-27-28-35-34-20-9-11-23-38(34)50(39(35)29-32)45-44(54-40-24-12-13-25-41(40)55-45)43-37-22-10-14-26-42(37)56-46(43)50/h1-29H. The van der Waals surface area contributed by atoms with E-state index in [-0.39, 0.29) is 0 Å². The van der Waals surface area contributed by atoms with Gasteiger partial charge >= 0.3 is 0 Å². The molecule has 0 radical (unpaired) electrons. The molecule has 0 N–H and O–H groups in total. The zero-order valence-corrected chi connectivity index (χ0v) is 30.6. The minimum Gasteiger partial charge on any atom is -0.452 e. The van der Waals surface area contributed by atoms with Crippen LogP contribution < -0.4 is 9.47 Å². The Bertz CT molecular complexity index is 3040. The highest BCUT2D eigenvalue weighted by atomic mass is 32.1. The van der Waals surface area contributed by atoms with Gasteiger partial charge in [0.05, 0.1) is 0 Å². The number of benzene rings is 7. The van der Waals surface area contributed by atoms with E-state index in [0.717, 1.165) is 62.0 Å². The lowest BCUT2D eigenvalue weighted by Gasteiger charge is -2.32. The fraction of sp³-hybridized carbons (Fsp3) is 0.0200. The van der Waals surface area contributed by atoms with E-state index in [9.17, 15) is 0 Å². The van der Waals surface area contributed by atoms with Gasteiger partial charge in [-0.15, -0.1) is 11.3 Å². The zero-order valence-electron chi connectivity index (χ0n) is 29.8. The fourth-order valence-corrected chi connectivity index (χ4v) is 10.2. The first-order valence-electron chi connectivity index (χ1n) is 18.7. The summed E-state index contributed by atoms with van der Waals surface area (Å²) in [5.74, 6) is 4.92. The summed E-state index contributed by atoms with van der Waals surface area (Å²) in [6.45, 7) is 0. The van der Waals surface area contributed by atoms with Crippen molar-refractivity contribution in [3.8, 4) is 67.9 Å². The Morgan fingerprint density at radius 1 is 0.429 bits per heavy atom. The van der Waals surface area contributed by atoms with Gasteiger partial charge in [0.1, 0.15) is 5.41 Å². The van der Waals surface area contributed by atoms with E-state index in [4.69, 9.17) is 24.4 Å². The molecule has 2 aliphatic carbocycles. The van der Waals surface area contributed by atoms with E-state index < -0.39 is 5.41 Å². The number of hydrogen-bond acceptors (Lipinski definition) is 6. The predicted octanol–water partition coefficient (Wildman–Crippen LogP) is 12.2. The Morgan fingerprint density at radius 2 is 1.00 bits per heavy atom. The highest BCUT2D eigenvalue weighted by Crippen LogP contribution is 2.66. The molecule has 56 heavy (non-hydrogen) atoms. The number of para-hydroxylation sites is 2. The summed E-state index contributed by atoms with van der Waals surface area (Å²) < 4.78 is 15.2. The first-order valence-corrected chi connectivity index (χ1v) is 19.5. The predicted molar refractivity (Wildman–Crippen MR) is 223 cm³/mol. The van der Waals surface area contributed by atoms with Gasteiger partial charge < -0.3 is 9.47 Å². The molecule has 0 saturated heterocycles. The fourth-order valence-electron chi connectivity index (χ4n) is 8.78. The molecule has 1 atom stereocenters. The lowest BCUT2D eigenvalue weighted by molar-refractivity contribution is 0.317. The monoisotopic (exact) mass is 735 g/mol. The van der Waals surface area contributed by atoms with Gasteiger partial charge in [0, 0.05) is 37.2 Å². The molecule has 0 bridgehead atoms. The van der Waals surface area contributed by atoms with Gasteiger partial charge in [0.25, 0.3) is 0 Å². The Morgan fingerprint density at radius 3 is 1.75 bits per heavy atom. The summed E-state index contributed by atoms with van der Waals surface area (Å²) in [5.41, 5.74) is 9.99. The smallest absolute Gasteiger partial charge is 0.176 e. The van der Waals surface area contributed by atoms with Crippen molar-refractivity contribution in [3.05, 3.63) is 203 Å². The van der Waals surface area contributed by atoms with Crippen molar-refractivity contribution < 1.29 is 9.47 Å². The summed E-state index contributed by atoms with van der Waals surface area (Å²) in [6.07, 6.45) is 0. The third kappa shape index (κ3) is 4.39. The second kappa shape index (κ2) is 11.9. The molecule has 12 rings (SSSR count). The summed E-state index contributed by atoms with van der Waals surface area (Å²) in [7, 11) is 0. The molecule has 6 heteroatoms. The largest absolute Gasteiger partial charge is 0.452 e. The maximum atomic E-state index is 7.08. The average molecular weight is 736 g/mol. The van der Waals surface area contributed by atoms with Gasteiger partial charge in [0.15, 0.2) is 40.5 Å². The number of fused-ring (bicyclic) bond motifs is 12. The number of ether oxygens (including phenoxy) is 2. The molecule has 0 amide bonds. The molecule has 1 spiro atoms. The Hall–Kier alpha value is -7.15. The topological polar surface area (TPSA) is 57.1 Å². The molecular weight excluding hydrogens is 707 g/mol. The van der Waals surface area contributed by atoms with E-state index in [1.165, 1.54) is 31.7 Å². The number of aromatic nitrogens is 3. The zero-order chi connectivity index (χ0) is 36.8. The van der Waals surface area contributed by atoms with Crippen LogP contribution in [0, 0.1) is 0 Å². The minimum absolute atomic E-state index is 0.616. The van der Waals surface area contributed by atoms with Gasteiger partial charge in [-0.3, -0.25) is 0 Å². The van der Waals surface area contributed by atoms with Crippen LogP contribution in [-0.4, -0.2) is 15.0 Å². The molecule has 0 saturated carbocycles. The summed E-state index contributed by atoms with van der Waals surface area (Å²) >= 11 is 1.83. The van der Waals surface area contributed by atoms with Crippen LogP contribution in [-0.2, 0) is 5.41 Å². The van der Waals surface area contributed by atoms with Crippen LogP contribution >= 0.6 is 11.3 Å². The first-order chi connectivity index (χ1) is 27.8. The third-order valence-electron chi connectivity index (χ3n) is 11.2. The van der Waals surface area contributed by atoms with E-state index in [1.54, 1.807) is 0 Å². The maximum Gasteiger partial charge on any atom is 0.176 e. The van der Waals surface area contributed by atoms with Crippen molar-refractivity contribution in [3.63, 3.8) is 0 Å². The highest BCUT2D eigenvalue weighted by Gasteiger charge is 2.58. The first kappa shape index (κ1) is 31.2. The van der Waals surface area contributed by atoms with Gasteiger partial charge in [-0.2, -0.15) is 0 Å². The third-order valence-corrected chi connectivity index (χ3v) is 12.5. The summed E-state index contributed by atoms with van der Waals surface area (Å²) in [6, 6.07) is 60.9. The molecule has 5 nitrogen and oxygen atoms in total. The van der Waals surface area contributed by atoms with Gasteiger partial charge in [0.2, 0.25) is 0 Å². The van der Waals surface area contributed by atoms with Crippen molar-refractivity contribution >= 4 is 27.2 Å². The Balaban J connectivity index is 1.10. The summed E-state index contributed by atoms with van der Waals surface area (Å²) in [4.78, 5) is 16.4. The van der Waals surface area contributed by atoms with Crippen molar-refractivity contribution in [1.82, 2.24) is 15.0 Å². The highest BCUT2D eigenvalue weighted by molar-refractivity contribution is 7.19. The second-order valence-corrected chi connectivity index (χ2v) is 15.3. The van der Waals surface area contributed by atoms with Gasteiger partial charge in [-0.1, -0.05) is 152 Å². The molecule has 1 aliphatic heterocycles. The van der Waals surface area contributed by atoms with Crippen LogP contribution in [0.1, 0.15) is 21.6 Å². The Labute approximate surface area is 326 Å². The number of nitrogens with zero attached hydrogens (tertiary/aromatic N) is 3. The normalized spacial score (nSPS) is 15.8. The van der Waals surface area contributed by atoms with Gasteiger partial charge in [-0.25, -0.2) is 15.0 Å². The quantitative estimate of drug-likeness (QED) is 0.180. The Kier molecular flexibility index (Phi) is 6.65. The molecule has 262 valence electrons. The molecule has 0 fully saturated rings. The van der Waals surface area contributed by atoms with Crippen LogP contribution in [0.25, 0.3) is 72.3 Å². The molecular formula is C50H29N3O2S. The molecule has 2 aromatic heterocycles. The van der Waals surface area contributed by atoms with Crippen LogP contribution in [0.4, 0.5) is 0 Å². The SMILES string of the molecule is c1ccc(-c2nc(-c3ccccc3)nc(-c3ccccc3-c3ccc4c(c3)C3(C5=C(Oc6ccccc6O5)c5c3sc3ccccc53)c3ccccc3-4)n2)cc1. The van der Waals surface area contributed by atoms with Crippen molar-refractivity contribution in [2.75, 3.05) is 0 Å². The molecule has 1 unspecified atom stereocenters. The molecule has 3 heterocycles. The average Bonchev–Trinajstić information content (AvgIpc) is 3.89.